The monoisotopic (exact) mass is 333 g/mol. The molecule has 2 aromatic heterocycles. The van der Waals surface area contributed by atoms with Crippen molar-refractivity contribution in [2.24, 2.45) is 0 Å². The number of nitrogens with zero attached hydrogens (tertiary/aromatic N) is 2. The summed E-state index contributed by atoms with van der Waals surface area (Å²) in [5.74, 6) is 0.611. The fraction of sp³-hybridized carbons (Fsp3) is 0.133. The lowest BCUT2D eigenvalue weighted by Gasteiger charge is -2.06. The Morgan fingerprint density at radius 2 is 1.86 bits per heavy atom. The highest BCUT2D eigenvalue weighted by atomic mass is 32.2. The van der Waals surface area contributed by atoms with E-state index in [1.165, 1.54) is 11.8 Å². The largest absolute Gasteiger partial charge is 0.295 e. The number of hydrogen-bond donors (Lipinski definition) is 1. The summed E-state index contributed by atoms with van der Waals surface area (Å²) in [6, 6.07) is 14.2. The molecule has 3 aromatic rings. The smallest absolute Gasteiger partial charge is 0.240 e. The Balaban J connectivity index is 1.58. The van der Waals surface area contributed by atoms with Crippen molar-refractivity contribution >= 4 is 27.3 Å². The van der Waals surface area contributed by atoms with Gasteiger partial charge < -0.3 is 0 Å². The normalized spacial score (nSPS) is 11.8. The number of fused-ring (bicyclic) bond motifs is 1. The lowest BCUT2D eigenvalue weighted by Crippen LogP contribution is -2.26. The molecule has 1 aromatic carbocycles. The van der Waals surface area contributed by atoms with Crippen molar-refractivity contribution in [1.82, 2.24) is 14.1 Å². The van der Waals surface area contributed by atoms with Crippen LogP contribution in [0.2, 0.25) is 0 Å². The van der Waals surface area contributed by atoms with E-state index in [0.717, 1.165) is 10.7 Å². The Bertz CT molecular complexity index is 861. The fourth-order valence-electron chi connectivity index (χ4n) is 2.03. The molecule has 5 nitrogen and oxygen atoms in total. The maximum Gasteiger partial charge on any atom is 0.240 e. The van der Waals surface area contributed by atoms with Crippen LogP contribution in [0.25, 0.3) is 5.52 Å². The minimum absolute atomic E-state index is 0.284. The summed E-state index contributed by atoms with van der Waals surface area (Å²) in [4.78, 5) is 4.62. The summed E-state index contributed by atoms with van der Waals surface area (Å²) in [6.45, 7) is 0.351. The number of imidazole rings is 1. The van der Waals surface area contributed by atoms with Gasteiger partial charge in [0.05, 0.1) is 16.6 Å². The first-order chi connectivity index (χ1) is 10.7. The standard InChI is InChI=1S/C15H15N3O2S2/c19-22(20,14-7-2-1-3-8-14)17-9-11-21-15-16-12-13-6-4-5-10-18(13)15/h1-8,10,12,17H,9,11H2. The zero-order valence-corrected chi connectivity index (χ0v) is 13.3. The van der Waals surface area contributed by atoms with E-state index in [1.54, 1.807) is 36.5 Å². The molecule has 2 heterocycles. The van der Waals surface area contributed by atoms with Crippen LogP contribution in [0.4, 0.5) is 0 Å². The Hall–Kier alpha value is -1.83. The summed E-state index contributed by atoms with van der Waals surface area (Å²) in [6.07, 6.45) is 3.75. The first-order valence-corrected chi connectivity index (χ1v) is 9.23. The zero-order valence-electron chi connectivity index (χ0n) is 11.7. The number of sulfonamides is 1. The van der Waals surface area contributed by atoms with Crippen LogP contribution in [-0.2, 0) is 10.0 Å². The molecular formula is C15H15N3O2S2. The van der Waals surface area contributed by atoms with E-state index in [0.29, 0.717) is 12.3 Å². The van der Waals surface area contributed by atoms with Gasteiger partial charge in [-0.05, 0) is 24.3 Å². The molecule has 0 radical (unpaired) electrons. The molecule has 0 amide bonds. The number of pyridine rings is 1. The molecule has 7 heteroatoms. The van der Waals surface area contributed by atoms with Gasteiger partial charge in [-0.25, -0.2) is 18.1 Å². The third-order valence-electron chi connectivity index (χ3n) is 3.08. The van der Waals surface area contributed by atoms with E-state index in [9.17, 15) is 8.42 Å². The number of hydrogen-bond acceptors (Lipinski definition) is 4. The van der Waals surface area contributed by atoms with Crippen molar-refractivity contribution < 1.29 is 8.42 Å². The van der Waals surface area contributed by atoms with Crippen molar-refractivity contribution in [1.29, 1.82) is 0 Å². The topological polar surface area (TPSA) is 63.5 Å². The van der Waals surface area contributed by atoms with Crippen molar-refractivity contribution in [3.63, 3.8) is 0 Å². The molecule has 0 fully saturated rings. The minimum Gasteiger partial charge on any atom is -0.295 e. The fourth-order valence-corrected chi connectivity index (χ4v) is 4.03. The highest BCUT2D eigenvalue weighted by Gasteiger charge is 2.12. The summed E-state index contributed by atoms with van der Waals surface area (Å²) in [7, 11) is -3.43. The predicted octanol–water partition coefficient (Wildman–Crippen LogP) is 2.40. The van der Waals surface area contributed by atoms with Crippen molar-refractivity contribution in [3.8, 4) is 0 Å². The molecule has 0 saturated heterocycles. The van der Waals surface area contributed by atoms with Crippen molar-refractivity contribution in [2.45, 2.75) is 10.1 Å². The van der Waals surface area contributed by atoms with Gasteiger partial charge in [-0.3, -0.25) is 4.40 Å². The molecule has 0 bridgehead atoms. The molecule has 3 rings (SSSR count). The van der Waals surface area contributed by atoms with Crippen LogP contribution in [0.5, 0.6) is 0 Å². The van der Waals surface area contributed by atoms with Crippen LogP contribution in [0, 0.1) is 0 Å². The summed E-state index contributed by atoms with van der Waals surface area (Å²) in [5, 5.41) is 0.856. The number of benzene rings is 1. The van der Waals surface area contributed by atoms with Crippen LogP contribution in [-0.4, -0.2) is 30.1 Å². The van der Waals surface area contributed by atoms with Crippen LogP contribution in [0.15, 0.2) is 71.0 Å². The van der Waals surface area contributed by atoms with Gasteiger partial charge in [0.25, 0.3) is 0 Å². The summed E-state index contributed by atoms with van der Waals surface area (Å²) >= 11 is 1.52. The summed E-state index contributed by atoms with van der Waals surface area (Å²) in [5.41, 5.74) is 1.02. The summed E-state index contributed by atoms with van der Waals surface area (Å²) < 4.78 is 28.7. The molecule has 0 unspecified atom stereocenters. The van der Waals surface area contributed by atoms with Gasteiger partial charge in [-0.2, -0.15) is 0 Å². The number of thioether (sulfide) groups is 1. The van der Waals surface area contributed by atoms with Crippen LogP contribution < -0.4 is 4.72 Å². The maximum atomic E-state index is 12.1. The van der Waals surface area contributed by atoms with Gasteiger partial charge in [0.2, 0.25) is 10.0 Å². The second-order valence-electron chi connectivity index (χ2n) is 4.60. The van der Waals surface area contributed by atoms with Gasteiger partial charge in [0, 0.05) is 18.5 Å². The quantitative estimate of drug-likeness (QED) is 0.556. The second-order valence-corrected chi connectivity index (χ2v) is 7.42. The van der Waals surface area contributed by atoms with Gasteiger partial charge >= 0.3 is 0 Å². The number of nitrogens with one attached hydrogen (secondary N) is 1. The first-order valence-electron chi connectivity index (χ1n) is 6.76. The zero-order chi connectivity index (χ0) is 15.4. The third-order valence-corrected chi connectivity index (χ3v) is 5.53. The van der Waals surface area contributed by atoms with Gasteiger partial charge in [-0.15, -0.1) is 0 Å². The Morgan fingerprint density at radius 1 is 1.09 bits per heavy atom. The van der Waals surface area contributed by atoms with E-state index in [4.69, 9.17) is 0 Å². The number of aromatic nitrogens is 2. The van der Waals surface area contributed by atoms with E-state index in [-0.39, 0.29) is 4.90 Å². The maximum absolute atomic E-state index is 12.1. The lowest BCUT2D eigenvalue weighted by molar-refractivity contribution is 0.584. The lowest BCUT2D eigenvalue weighted by atomic mass is 10.4. The number of rotatable bonds is 6. The van der Waals surface area contributed by atoms with Crippen LogP contribution in [0.1, 0.15) is 0 Å². The Morgan fingerprint density at radius 3 is 2.68 bits per heavy atom. The van der Waals surface area contributed by atoms with Crippen molar-refractivity contribution in [2.75, 3.05) is 12.3 Å². The third kappa shape index (κ3) is 3.32. The van der Waals surface area contributed by atoms with Gasteiger partial charge in [0.15, 0.2) is 5.16 Å². The molecule has 0 aliphatic rings. The molecule has 0 spiro atoms. The predicted molar refractivity (Wildman–Crippen MR) is 87.5 cm³/mol. The van der Waals surface area contributed by atoms with E-state index < -0.39 is 10.0 Å². The molecule has 1 N–H and O–H groups in total. The minimum atomic E-state index is -3.43. The van der Waals surface area contributed by atoms with E-state index in [1.807, 2.05) is 28.8 Å². The second kappa shape index (κ2) is 6.51. The molecule has 0 aliphatic heterocycles. The highest BCUT2D eigenvalue weighted by Crippen LogP contribution is 2.17. The van der Waals surface area contributed by atoms with Crippen LogP contribution >= 0.6 is 11.8 Å². The van der Waals surface area contributed by atoms with E-state index >= 15 is 0 Å². The molecule has 22 heavy (non-hydrogen) atoms. The van der Waals surface area contributed by atoms with Gasteiger partial charge in [-0.1, -0.05) is 36.0 Å². The van der Waals surface area contributed by atoms with Crippen molar-refractivity contribution in [3.05, 3.63) is 60.9 Å². The van der Waals surface area contributed by atoms with E-state index in [2.05, 4.69) is 9.71 Å². The molecule has 114 valence electrons. The first kappa shape index (κ1) is 15.1. The van der Waals surface area contributed by atoms with Gasteiger partial charge in [0.1, 0.15) is 0 Å². The molecule has 0 aliphatic carbocycles. The molecule has 0 atom stereocenters. The average molecular weight is 333 g/mol. The SMILES string of the molecule is O=S(=O)(NCCSc1ncc2ccccn12)c1ccccc1. The average Bonchev–Trinajstić information content (AvgIpc) is 2.96. The molecule has 0 saturated carbocycles. The molecular weight excluding hydrogens is 318 g/mol. The Kier molecular flexibility index (Phi) is 4.47. The van der Waals surface area contributed by atoms with Crippen LogP contribution in [0.3, 0.4) is 0 Å². The highest BCUT2D eigenvalue weighted by molar-refractivity contribution is 7.99. The Labute approximate surface area is 133 Å².